The van der Waals surface area contributed by atoms with Crippen LogP contribution in [0.5, 0.6) is 0 Å². The first kappa shape index (κ1) is 16.7. The third-order valence-corrected chi connectivity index (χ3v) is 3.57. The smallest absolute Gasteiger partial charge is 0.251 e. The molecule has 2 aromatic rings. The SMILES string of the molecule is Cc1ccc(C(=O)NC[C@H](C)NC(=O)c2ccc(C)cc2)cc1. The predicted octanol–water partition coefficient (Wildman–Crippen LogP) is 2.85. The Morgan fingerprint density at radius 3 is 1.74 bits per heavy atom. The fraction of sp³-hybridized carbons (Fsp3) is 0.263. The van der Waals surface area contributed by atoms with E-state index in [1.807, 2.05) is 45.0 Å². The number of nitrogens with one attached hydrogen (secondary N) is 2. The Bertz CT molecular complexity index is 676. The van der Waals surface area contributed by atoms with E-state index in [-0.39, 0.29) is 17.9 Å². The highest BCUT2D eigenvalue weighted by molar-refractivity contribution is 5.95. The van der Waals surface area contributed by atoms with Gasteiger partial charge in [-0.15, -0.1) is 0 Å². The van der Waals surface area contributed by atoms with Gasteiger partial charge in [-0.2, -0.15) is 0 Å². The third-order valence-electron chi connectivity index (χ3n) is 3.57. The number of carbonyl (C=O) groups excluding carboxylic acids is 2. The summed E-state index contributed by atoms with van der Waals surface area (Å²) in [6.45, 7) is 6.20. The van der Waals surface area contributed by atoms with Gasteiger partial charge in [0.15, 0.2) is 0 Å². The molecule has 0 aliphatic rings. The summed E-state index contributed by atoms with van der Waals surface area (Å²) in [5.41, 5.74) is 3.46. The van der Waals surface area contributed by atoms with Gasteiger partial charge >= 0.3 is 0 Å². The van der Waals surface area contributed by atoms with Crippen molar-refractivity contribution in [2.24, 2.45) is 0 Å². The molecule has 4 heteroatoms. The minimum Gasteiger partial charge on any atom is -0.350 e. The lowest BCUT2D eigenvalue weighted by Gasteiger charge is -2.15. The van der Waals surface area contributed by atoms with Crippen LogP contribution in [0, 0.1) is 13.8 Å². The molecule has 0 aromatic heterocycles. The number of aryl methyl sites for hydroxylation is 2. The second-order valence-corrected chi connectivity index (χ2v) is 5.82. The van der Waals surface area contributed by atoms with E-state index in [0.29, 0.717) is 17.7 Å². The highest BCUT2D eigenvalue weighted by atomic mass is 16.2. The molecule has 2 amide bonds. The molecule has 2 N–H and O–H groups in total. The fourth-order valence-electron chi connectivity index (χ4n) is 2.12. The summed E-state index contributed by atoms with van der Waals surface area (Å²) >= 11 is 0. The lowest BCUT2D eigenvalue weighted by atomic mass is 10.1. The normalized spacial score (nSPS) is 11.6. The van der Waals surface area contributed by atoms with Gasteiger partial charge in [-0.3, -0.25) is 9.59 Å². The summed E-state index contributed by atoms with van der Waals surface area (Å²) in [6, 6.07) is 14.6. The van der Waals surface area contributed by atoms with E-state index in [1.165, 1.54) is 0 Å². The molecule has 0 saturated heterocycles. The Labute approximate surface area is 136 Å². The van der Waals surface area contributed by atoms with Crippen LogP contribution < -0.4 is 10.6 Å². The zero-order valence-electron chi connectivity index (χ0n) is 13.7. The van der Waals surface area contributed by atoms with E-state index in [1.54, 1.807) is 24.3 Å². The van der Waals surface area contributed by atoms with E-state index in [9.17, 15) is 9.59 Å². The van der Waals surface area contributed by atoms with E-state index in [2.05, 4.69) is 10.6 Å². The number of benzene rings is 2. The van der Waals surface area contributed by atoms with Gasteiger partial charge in [0.05, 0.1) is 0 Å². The maximum Gasteiger partial charge on any atom is 0.251 e. The summed E-state index contributed by atoms with van der Waals surface area (Å²) in [4.78, 5) is 24.1. The van der Waals surface area contributed by atoms with Crippen molar-refractivity contribution in [1.29, 1.82) is 0 Å². The van der Waals surface area contributed by atoms with Gasteiger partial charge in [-0.1, -0.05) is 35.4 Å². The standard InChI is InChI=1S/C19H22N2O2/c1-13-4-8-16(9-5-13)18(22)20-12-15(3)21-19(23)17-10-6-14(2)7-11-17/h4-11,15H,12H2,1-3H3,(H,20,22)(H,21,23)/t15-/m0/s1. The second kappa shape index (κ2) is 7.58. The van der Waals surface area contributed by atoms with Crippen LogP contribution >= 0.6 is 0 Å². The van der Waals surface area contributed by atoms with Gasteiger partial charge in [-0.05, 0) is 45.0 Å². The lowest BCUT2D eigenvalue weighted by Crippen LogP contribution is -2.41. The maximum absolute atomic E-state index is 12.1. The average molecular weight is 310 g/mol. The van der Waals surface area contributed by atoms with Crippen molar-refractivity contribution in [3.63, 3.8) is 0 Å². The van der Waals surface area contributed by atoms with Crippen molar-refractivity contribution < 1.29 is 9.59 Å². The third kappa shape index (κ3) is 4.95. The molecular formula is C19H22N2O2. The Morgan fingerprint density at radius 2 is 1.26 bits per heavy atom. The molecule has 120 valence electrons. The highest BCUT2D eigenvalue weighted by Gasteiger charge is 2.11. The second-order valence-electron chi connectivity index (χ2n) is 5.82. The van der Waals surface area contributed by atoms with Crippen LogP contribution in [-0.4, -0.2) is 24.4 Å². The predicted molar refractivity (Wildman–Crippen MR) is 91.6 cm³/mol. The van der Waals surface area contributed by atoms with Crippen LogP contribution in [-0.2, 0) is 0 Å². The molecule has 2 rings (SSSR count). The molecule has 0 radical (unpaired) electrons. The zero-order valence-corrected chi connectivity index (χ0v) is 13.7. The zero-order chi connectivity index (χ0) is 16.8. The Hall–Kier alpha value is -2.62. The molecule has 4 nitrogen and oxygen atoms in total. The summed E-state index contributed by atoms with van der Waals surface area (Å²) in [7, 11) is 0. The first-order chi connectivity index (χ1) is 11.0. The quantitative estimate of drug-likeness (QED) is 0.892. The molecule has 0 aliphatic heterocycles. The molecule has 0 spiro atoms. The molecular weight excluding hydrogens is 288 g/mol. The molecule has 23 heavy (non-hydrogen) atoms. The summed E-state index contributed by atoms with van der Waals surface area (Å²) in [5, 5.41) is 5.71. The number of amides is 2. The molecule has 1 atom stereocenters. The van der Waals surface area contributed by atoms with Gasteiger partial charge in [0.25, 0.3) is 11.8 Å². The molecule has 0 bridgehead atoms. The van der Waals surface area contributed by atoms with Crippen molar-refractivity contribution >= 4 is 11.8 Å². The summed E-state index contributed by atoms with van der Waals surface area (Å²) < 4.78 is 0. The summed E-state index contributed by atoms with van der Waals surface area (Å²) in [6.07, 6.45) is 0. The first-order valence-electron chi connectivity index (χ1n) is 7.68. The van der Waals surface area contributed by atoms with E-state index in [0.717, 1.165) is 11.1 Å². The topological polar surface area (TPSA) is 58.2 Å². The molecule has 0 aliphatic carbocycles. The summed E-state index contributed by atoms with van der Waals surface area (Å²) in [5.74, 6) is -0.275. The molecule has 0 heterocycles. The first-order valence-corrected chi connectivity index (χ1v) is 7.68. The molecule has 2 aromatic carbocycles. The van der Waals surface area contributed by atoms with Crippen LogP contribution in [0.1, 0.15) is 38.8 Å². The Kier molecular flexibility index (Phi) is 5.52. The van der Waals surface area contributed by atoms with Crippen LogP contribution in [0.3, 0.4) is 0 Å². The van der Waals surface area contributed by atoms with Crippen LogP contribution in [0.25, 0.3) is 0 Å². The van der Waals surface area contributed by atoms with Crippen molar-refractivity contribution in [3.05, 3.63) is 70.8 Å². The van der Waals surface area contributed by atoms with E-state index >= 15 is 0 Å². The Morgan fingerprint density at radius 1 is 0.826 bits per heavy atom. The van der Waals surface area contributed by atoms with Gasteiger partial charge < -0.3 is 10.6 Å². The van der Waals surface area contributed by atoms with Gasteiger partial charge in [0.1, 0.15) is 0 Å². The van der Waals surface area contributed by atoms with Crippen molar-refractivity contribution in [1.82, 2.24) is 10.6 Å². The van der Waals surface area contributed by atoms with Crippen LogP contribution in [0.4, 0.5) is 0 Å². The Balaban J connectivity index is 1.83. The van der Waals surface area contributed by atoms with Crippen LogP contribution in [0.2, 0.25) is 0 Å². The van der Waals surface area contributed by atoms with Gasteiger partial charge in [-0.25, -0.2) is 0 Å². The monoisotopic (exact) mass is 310 g/mol. The highest BCUT2D eigenvalue weighted by Crippen LogP contribution is 2.04. The number of hydrogen-bond acceptors (Lipinski definition) is 2. The number of carbonyl (C=O) groups is 2. The average Bonchev–Trinajstić information content (AvgIpc) is 2.54. The van der Waals surface area contributed by atoms with Crippen molar-refractivity contribution in [2.45, 2.75) is 26.8 Å². The van der Waals surface area contributed by atoms with Gasteiger partial charge in [0.2, 0.25) is 0 Å². The number of hydrogen-bond donors (Lipinski definition) is 2. The minimum absolute atomic E-state index is 0.137. The minimum atomic E-state index is -0.154. The molecule has 0 saturated carbocycles. The van der Waals surface area contributed by atoms with Crippen molar-refractivity contribution in [2.75, 3.05) is 6.54 Å². The van der Waals surface area contributed by atoms with Crippen molar-refractivity contribution in [3.8, 4) is 0 Å². The van der Waals surface area contributed by atoms with E-state index in [4.69, 9.17) is 0 Å². The fourth-order valence-corrected chi connectivity index (χ4v) is 2.12. The molecule has 0 unspecified atom stereocenters. The largest absolute Gasteiger partial charge is 0.350 e. The van der Waals surface area contributed by atoms with Gasteiger partial charge in [0, 0.05) is 23.7 Å². The van der Waals surface area contributed by atoms with E-state index < -0.39 is 0 Å². The number of rotatable bonds is 5. The van der Waals surface area contributed by atoms with Crippen LogP contribution in [0.15, 0.2) is 48.5 Å². The lowest BCUT2D eigenvalue weighted by molar-refractivity contribution is 0.0912. The maximum atomic E-state index is 12.1. The molecule has 0 fully saturated rings.